The molecule has 0 radical (unpaired) electrons. The number of phenolic OH excluding ortho intramolecular Hbond substituents is 2. The highest BCUT2D eigenvalue weighted by Crippen LogP contribution is 2.51. The largest absolute Gasteiger partial charge is 0.507 e. The fraction of sp³-hybridized carbons (Fsp3) is 0.517. The van der Waals surface area contributed by atoms with E-state index >= 15 is 0 Å². The maximum absolute atomic E-state index is 12.7. The van der Waals surface area contributed by atoms with Crippen molar-refractivity contribution in [1.29, 1.82) is 0 Å². The molecule has 1 aliphatic heterocycles. The first-order valence-corrected chi connectivity index (χ1v) is 13.7. The van der Waals surface area contributed by atoms with E-state index in [4.69, 9.17) is 28.4 Å². The van der Waals surface area contributed by atoms with Crippen LogP contribution in [0.3, 0.4) is 0 Å². The van der Waals surface area contributed by atoms with Crippen molar-refractivity contribution in [1.82, 2.24) is 0 Å². The van der Waals surface area contributed by atoms with Gasteiger partial charge in [-0.2, -0.15) is 0 Å². The molecule has 0 amide bonds. The number of esters is 4. The normalized spacial score (nSPS) is 30.5. The van der Waals surface area contributed by atoms with Crippen LogP contribution in [-0.2, 0) is 54.0 Å². The van der Waals surface area contributed by atoms with E-state index in [1.807, 2.05) is 0 Å². The van der Waals surface area contributed by atoms with Crippen LogP contribution in [0.5, 0.6) is 11.5 Å². The SMILES string of the molecule is CC(=O)OC[C@H]1O[C@@H](O[C@@H]2c3c(O)c4c(c(O)c3C[C@@](C)(O)[C@H]2O)C(=O)C=CC4=O)[C@H](OC(C)=O)[C@@H](OC(C)=O)[C@@H]1OC(C)=O. The van der Waals surface area contributed by atoms with Gasteiger partial charge < -0.3 is 48.8 Å². The number of aromatic hydroxyl groups is 2. The molecule has 0 bridgehead atoms. The molecule has 1 heterocycles. The number of rotatable bonds is 7. The molecule has 0 saturated carbocycles. The lowest BCUT2D eigenvalue weighted by atomic mass is 9.74. The zero-order chi connectivity index (χ0) is 33.5. The Bertz CT molecular complexity index is 1470. The summed E-state index contributed by atoms with van der Waals surface area (Å²) >= 11 is 0. The first-order chi connectivity index (χ1) is 20.9. The third-order valence-corrected chi connectivity index (χ3v) is 7.44. The summed E-state index contributed by atoms with van der Waals surface area (Å²) in [6.07, 6.45) is -10.8. The number of aliphatic hydroxyl groups excluding tert-OH is 1. The second-order valence-electron chi connectivity index (χ2n) is 11.0. The molecule has 2 aliphatic carbocycles. The molecule has 1 aromatic rings. The first-order valence-electron chi connectivity index (χ1n) is 13.7. The van der Waals surface area contributed by atoms with Gasteiger partial charge in [-0.1, -0.05) is 0 Å². The van der Waals surface area contributed by atoms with Crippen LogP contribution in [0, 0.1) is 0 Å². The number of hydrogen-bond acceptors (Lipinski definition) is 16. The third-order valence-electron chi connectivity index (χ3n) is 7.44. The summed E-state index contributed by atoms with van der Waals surface area (Å²) in [6.45, 7) is 4.70. The van der Waals surface area contributed by atoms with E-state index in [9.17, 15) is 49.2 Å². The van der Waals surface area contributed by atoms with Crippen molar-refractivity contribution in [3.05, 3.63) is 34.4 Å². The van der Waals surface area contributed by atoms with Gasteiger partial charge in [0.15, 0.2) is 36.2 Å². The standard InChI is InChI=1S/C29H32O16/c1-10(30)40-9-17-23(41-11(2)31)25(42-12(3)32)26(43-13(4)33)28(44-17)45-24-18-14(8-29(5,39)27(24)38)21(36)19-15(34)6-7-16(35)20(19)22(18)37/h6-7,17,23-28,36-39H,8-9H2,1-5H3/t17-,23-,24-,25+,26-,27+,28+,29-/m1/s1. The van der Waals surface area contributed by atoms with Crippen LogP contribution in [-0.4, -0.2) is 105 Å². The van der Waals surface area contributed by atoms with E-state index in [0.717, 1.165) is 39.8 Å². The van der Waals surface area contributed by atoms with E-state index < -0.39 is 125 Å². The Kier molecular flexibility index (Phi) is 9.35. The van der Waals surface area contributed by atoms with Crippen molar-refractivity contribution in [2.24, 2.45) is 0 Å². The number of aliphatic hydroxyl groups is 2. The van der Waals surface area contributed by atoms with E-state index in [1.54, 1.807) is 0 Å². The van der Waals surface area contributed by atoms with Gasteiger partial charge in [0.25, 0.3) is 0 Å². The predicted octanol–water partition coefficient (Wildman–Crippen LogP) is -0.158. The molecule has 8 atom stereocenters. The average Bonchev–Trinajstić information content (AvgIpc) is 2.92. The van der Waals surface area contributed by atoms with Gasteiger partial charge in [-0.15, -0.1) is 0 Å². The molecule has 0 spiro atoms. The van der Waals surface area contributed by atoms with Crippen LogP contribution in [0.25, 0.3) is 0 Å². The number of ketones is 2. The summed E-state index contributed by atoms with van der Waals surface area (Å²) in [6, 6.07) is 0. The van der Waals surface area contributed by atoms with Gasteiger partial charge in [-0.05, 0) is 19.1 Å². The molecule has 16 heteroatoms. The van der Waals surface area contributed by atoms with Crippen molar-refractivity contribution < 1.29 is 77.6 Å². The summed E-state index contributed by atoms with van der Waals surface area (Å²) < 4.78 is 33.0. The van der Waals surface area contributed by atoms with Crippen LogP contribution in [0.1, 0.15) is 72.6 Å². The van der Waals surface area contributed by atoms with Gasteiger partial charge >= 0.3 is 23.9 Å². The Hall–Kier alpha value is -4.38. The number of carbonyl (C=O) groups is 6. The van der Waals surface area contributed by atoms with Gasteiger partial charge in [0.05, 0.1) is 16.7 Å². The Balaban J connectivity index is 1.88. The monoisotopic (exact) mass is 636 g/mol. The highest BCUT2D eigenvalue weighted by atomic mass is 16.7. The number of allylic oxidation sites excluding steroid dienone is 2. The molecule has 1 saturated heterocycles. The summed E-state index contributed by atoms with van der Waals surface area (Å²) in [7, 11) is 0. The maximum Gasteiger partial charge on any atom is 0.303 e. The Morgan fingerprint density at radius 2 is 1.36 bits per heavy atom. The summed E-state index contributed by atoms with van der Waals surface area (Å²) in [5, 5.41) is 44.8. The molecule has 1 aromatic carbocycles. The van der Waals surface area contributed by atoms with Crippen LogP contribution in [0.2, 0.25) is 0 Å². The van der Waals surface area contributed by atoms with Gasteiger partial charge in [0, 0.05) is 45.2 Å². The Morgan fingerprint density at radius 3 is 1.89 bits per heavy atom. The number of carbonyl (C=O) groups excluding carboxylic acids is 6. The van der Waals surface area contributed by atoms with Crippen LogP contribution >= 0.6 is 0 Å². The molecule has 3 aliphatic rings. The van der Waals surface area contributed by atoms with Crippen molar-refractivity contribution in [3.8, 4) is 11.5 Å². The van der Waals surface area contributed by atoms with E-state index in [-0.39, 0.29) is 5.56 Å². The average molecular weight is 637 g/mol. The minimum atomic E-state index is -2.09. The van der Waals surface area contributed by atoms with Crippen molar-refractivity contribution >= 4 is 35.4 Å². The molecule has 16 nitrogen and oxygen atoms in total. The topological polar surface area (TPSA) is 239 Å². The van der Waals surface area contributed by atoms with E-state index in [1.165, 1.54) is 6.92 Å². The Morgan fingerprint density at radius 1 is 0.844 bits per heavy atom. The maximum atomic E-state index is 12.7. The smallest absolute Gasteiger partial charge is 0.303 e. The van der Waals surface area contributed by atoms with E-state index in [0.29, 0.717) is 0 Å². The summed E-state index contributed by atoms with van der Waals surface area (Å²) in [5.74, 6) is -6.75. The van der Waals surface area contributed by atoms with Gasteiger partial charge in [-0.25, -0.2) is 0 Å². The summed E-state index contributed by atoms with van der Waals surface area (Å²) in [4.78, 5) is 73.3. The minimum absolute atomic E-state index is 0.242. The molecule has 244 valence electrons. The zero-order valence-corrected chi connectivity index (χ0v) is 24.8. The van der Waals surface area contributed by atoms with Crippen molar-refractivity contribution in [3.63, 3.8) is 0 Å². The number of hydrogen-bond donors (Lipinski definition) is 4. The van der Waals surface area contributed by atoms with Crippen molar-refractivity contribution in [2.75, 3.05) is 6.61 Å². The van der Waals surface area contributed by atoms with E-state index in [2.05, 4.69) is 0 Å². The molecule has 0 aromatic heterocycles. The molecule has 45 heavy (non-hydrogen) atoms. The molecule has 4 N–H and O–H groups in total. The number of phenols is 2. The van der Waals surface area contributed by atoms with Gasteiger partial charge in [-0.3, -0.25) is 28.8 Å². The lowest BCUT2D eigenvalue weighted by molar-refractivity contribution is -0.328. The number of benzene rings is 1. The first kappa shape index (κ1) is 33.5. The predicted molar refractivity (Wildman–Crippen MR) is 144 cm³/mol. The molecule has 1 fully saturated rings. The highest BCUT2D eigenvalue weighted by Gasteiger charge is 2.56. The quantitative estimate of drug-likeness (QED) is 0.173. The molecular weight excluding hydrogens is 604 g/mol. The number of fused-ring (bicyclic) bond motifs is 2. The lowest BCUT2D eigenvalue weighted by Gasteiger charge is -2.47. The van der Waals surface area contributed by atoms with Crippen molar-refractivity contribution in [2.45, 2.75) is 89.6 Å². The van der Waals surface area contributed by atoms with Gasteiger partial charge in [0.2, 0.25) is 0 Å². The minimum Gasteiger partial charge on any atom is -0.507 e. The molecular formula is C29H32O16. The number of ether oxygens (including phenoxy) is 6. The summed E-state index contributed by atoms with van der Waals surface area (Å²) in [5.41, 5.74) is -3.83. The van der Waals surface area contributed by atoms with Crippen LogP contribution in [0.4, 0.5) is 0 Å². The molecule has 0 unspecified atom stereocenters. The molecule has 4 rings (SSSR count). The lowest BCUT2D eigenvalue weighted by Crippen LogP contribution is -2.63. The second-order valence-corrected chi connectivity index (χ2v) is 11.0. The third kappa shape index (κ3) is 6.54. The van der Waals surface area contributed by atoms with Crippen LogP contribution in [0.15, 0.2) is 12.2 Å². The van der Waals surface area contributed by atoms with Crippen LogP contribution < -0.4 is 0 Å². The zero-order valence-electron chi connectivity index (χ0n) is 24.8. The van der Waals surface area contributed by atoms with Gasteiger partial charge in [0.1, 0.15) is 36.4 Å². The Labute approximate surface area is 255 Å². The fourth-order valence-electron chi connectivity index (χ4n) is 5.61. The fourth-order valence-corrected chi connectivity index (χ4v) is 5.61. The highest BCUT2D eigenvalue weighted by molar-refractivity contribution is 6.24. The second kappa shape index (κ2) is 12.5.